The lowest BCUT2D eigenvalue weighted by Crippen LogP contribution is -2.26. The molecule has 1 atom stereocenters. The molecule has 0 amide bonds. The van der Waals surface area contributed by atoms with E-state index in [1.165, 1.54) is 16.7 Å². The fourth-order valence-electron chi connectivity index (χ4n) is 3.90. The molecule has 28 heavy (non-hydrogen) atoms. The molecule has 1 unspecified atom stereocenters. The number of aryl methyl sites for hydroxylation is 2. The summed E-state index contributed by atoms with van der Waals surface area (Å²) < 4.78 is 11.0. The molecular weight excluding hydrogens is 352 g/mol. The largest absolute Gasteiger partial charge is 0.454 e. The van der Waals surface area contributed by atoms with E-state index in [9.17, 15) is 0 Å². The molecular formula is C22H22N4O2. The molecule has 2 aromatic heterocycles. The van der Waals surface area contributed by atoms with Crippen molar-refractivity contribution < 1.29 is 9.47 Å². The molecule has 5 rings (SSSR count). The molecule has 2 aliphatic rings. The summed E-state index contributed by atoms with van der Waals surface area (Å²) in [5.74, 6) is 2.41. The molecule has 1 aliphatic heterocycles. The highest BCUT2D eigenvalue weighted by Gasteiger charge is 2.23. The average Bonchev–Trinajstić information content (AvgIpc) is 3.19. The molecule has 0 fully saturated rings. The van der Waals surface area contributed by atoms with Crippen LogP contribution in [0.2, 0.25) is 0 Å². The Labute approximate surface area is 164 Å². The van der Waals surface area contributed by atoms with Gasteiger partial charge < -0.3 is 14.8 Å². The number of benzene rings is 1. The van der Waals surface area contributed by atoms with Gasteiger partial charge in [-0.3, -0.25) is 4.98 Å². The van der Waals surface area contributed by atoms with Gasteiger partial charge >= 0.3 is 0 Å². The fourth-order valence-corrected chi connectivity index (χ4v) is 3.90. The van der Waals surface area contributed by atoms with Crippen LogP contribution in [-0.4, -0.2) is 21.7 Å². The minimum Gasteiger partial charge on any atom is -0.454 e. The van der Waals surface area contributed by atoms with Gasteiger partial charge in [-0.1, -0.05) is 0 Å². The molecule has 0 radical (unpaired) electrons. The fraction of sp³-hybridized carbons (Fsp3) is 0.318. The molecule has 0 saturated carbocycles. The number of nitrogens with zero attached hydrogens (tertiary/aromatic N) is 3. The van der Waals surface area contributed by atoms with E-state index in [0.29, 0.717) is 6.79 Å². The summed E-state index contributed by atoms with van der Waals surface area (Å²) in [7, 11) is 0. The maximum atomic E-state index is 5.52. The van der Waals surface area contributed by atoms with Gasteiger partial charge in [0.15, 0.2) is 17.3 Å². The van der Waals surface area contributed by atoms with E-state index in [1.807, 2.05) is 24.5 Å². The summed E-state index contributed by atoms with van der Waals surface area (Å²) in [6.45, 7) is 3.19. The van der Waals surface area contributed by atoms with Gasteiger partial charge in [0.05, 0.1) is 0 Å². The van der Waals surface area contributed by atoms with E-state index in [0.717, 1.165) is 54.4 Å². The maximum Gasteiger partial charge on any atom is 0.231 e. The van der Waals surface area contributed by atoms with Crippen molar-refractivity contribution in [2.24, 2.45) is 0 Å². The second kappa shape index (κ2) is 7.20. The molecule has 1 N–H and O–H groups in total. The number of aromatic nitrogens is 3. The Kier molecular flexibility index (Phi) is 4.41. The summed E-state index contributed by atoms with van der Waals surface area (Å²) in [6, 6.07) is 8.30. The van der Waals surface area contributed by atoms with Crippen LogP contribution in [0.5, 0.6) is 11.5 Å². The third-order valence-electron chi connectivity index (χ3n) is 5.47. The highest BCUT2D eigenvalue weighted by Crippen LogP contribution is 2.35. The topological polar surface area (TPSA) is 69.2 Å². The van der Waals surface area contributed by atoms with Gasteiger partial charge in [0.2, 0.25) is 6.79 Å². The van der Waals surface area contributed by atoms with Gasteiger partial charge in [-0.2, -0.15) is 0 Å². The van der Waals surface area contributed by atoms with Crippen molar-refractivity contribution in [2.45, 2.75) is 38.8 Å². The number of pyridine rings is 1. The van der Waals surface area contributed by atoms with Crippen molar-refractivity contribution in [3.63, 3.8) is 0 Å². The quantitative estimate of drug-likeness (QED) is 0.750. The van der Waals surface area contributed by atoms with Crippen molar-refractivity contribution in [1.82, 2.24) is 20.3 Å². The van der Waals surface area contributed by atoms with E-state index in [1.54, 1.807) is 6.20 Å². The Hall–Kier alpha value is -2.99. The minimum atomic E-state index is 0.261. The predicted molar refractivity (Wildman–Crippen MR) is 105 cm³/mol. The van der Waals surface area contributed by atoms with Crippen LogP contribution in [-0.2, 0) is 13.0 Å². The number of ether oxygens (including phenoxy) is 2. The summed E-state index contributed by atoms with van der Waals surface area (Å²) >= 11 is 0. The highest BCUT2D eigenvalue weighted by molar-refractivity contribution is 5.53. The Morgan fingerprint density at radius 2 is 2.07 bits per heavy atom. The van der Waals surface area contributed by atoms with E-state index in [2.05, 4.69) is 34.3 Å². The lowest BCUT2D eigenvalue weighted by molar-refractivity contribution is 0.174. The third-order valence-corrected chi connectivity index (χ3v) is 5.47. The van der Waals surface area contributed by atoms with Crippen LogP contribution in [0.4, 0.5) is 0 Å². The number of fused-ring (bicyclic) bond motifs is 2. The SMILES string of the molecule is Cc1cc2c(cc1CNC1CCCc3nc(-c4cccnc4)ncc31)OCO2. The zero-order valence-electron chi connectivity index (χ0n) is 15.8. The van der Waals surface area contributed by atoms with Gasteiger partial charge in [0.25, 0.3) is 0 Å². The van der Waals surface area contributed by atoms with Crippen LogP contribution in [0, 0.1) is 6.92 Å². The van der Waals surface area contributed by atoms with Crippen molar-refractivity contribution in [3.05, 3.63) is 65.2 Å². The zero-order valence-corrected chi connectivity index (χ0v) is 15.8. The summed E-state index contributed by atoms with van der Waals surface area (Å²) in [4.78, 5) is 13.6. The summed E-state index contributed by atoms with van der Waals surface area (Å²) in [5.41, 5.74) is 5.73. The van der Waals surface area contributed by atoms with Gasteiger partial charge in [-0.25, -0.2) is 9.97 Å². The first-order valence-electron chi connectivity index (χ1n) is 9.66. The first kappa shape index (κ1) is 17.1. The average molecular weight is 374 g/mol. The predicted octanol–water partition coefficient (Wildman–Crippen LogP) is 3.74. The first-order valence-corrected chi connectivity index (χ1v) is 9.66. The van der Waals surface area contributed by atoms with Crippen molar-refractivity contribution in [3.8, 4) is 22.9 Å². The Morgan fingerprint density at radius 1 is 1.18 bits per heavy atom. The normalized spacial score (nSPS) is 17.4. The molecule has 142 valence electrons. The van der Waals surface area contributed by atoms with E-state index >= 15 is 0 Å². The number of nitrogens with one attached hydrogen (secondary N) is 1. The molecule has 0 bridgehead atoms. The number of hydrogen-bond acceptors (Lipinski definition) is 6. The van der Waals surface area contributed by atoms with Crippen LogP contribution in [0.1, 0.15) is 41.3 Å². The highest BCUT2D eigenvalue weighted by atomic mass is 16.7. The molecule has 1 aliphatic carbocycles. The van der Waals surface area contributed by atoms with E-state index in [-0.39, 0.29) is 6.04 Å². The molecule has 6 nitrogen and oxygen atoms in total. The van der Waals surface area contributed by atoms with Crippen molar-refractivity contribution in [1.29, 1.82) is 0 Å². The lowest BCUT2D eigenvalue weighted by atomic mass is 9.92. The molecule has 6 heteroatoms. The second-order valence-electron chi connectivity index (χ2n) is 7.30. The second-order valence-corrected chi connectivity index (χ2v) is 7.30. The number of rotatable bonds is 4. The third kappa shape index (κ3) is 3.20. The van der Waals surface area contributed by atoms with Gasteiger partial charge in [-0.05, 0) is 61.6 Å². The van der Waals surface area contributed by atoms with Crippen molar-refractivity contribution >= 4 is 0 Å². The zero-order chi connectivity index (χ0) is 18.9. The summed E-state index contributed by atoms with van der Waals surface area (Å²) in [5, 5.41) is 3.70. The molecule has 3 heterocycles. The van der Waals surface area contributed by atoms with Crippen LogP contribution in [0.25, 0.3) is 11.4 Å². The molecule has 1 aromatic carbocycles. The Balaban J connectivity index is 1.36. The molecule has 0 saturated heterocycles. The maximum absolute atomic E-state index is 5.52. The van der Waals surface area contributed by atoms with Crippen molar-refractivity contribution in [2.75, 3.05) is 6.79 Å². The lowest BCUT2D eigenvalue weighted by Gasteiger charge is -2.26. The van der Waals surface area contributed by atoms with Gasteiger partial charge in [0, 0.05) is 48.0 Å². The monoisotopic (exact) mass is 374 g/mol. The smallest absolute Gasteiger partial charge is 0.231 e. The molecule has 3 aromatic rings. The van der Waals surface area contributed by atoms with Gasteiger partial charge in [-0.15, -0.1) is 0 Å². The summed E-state index contributed by atoms with van der Waals surface area (Å²) in [6.07, 6.45) is 8.75. The Bertz CT molecular complexity index is 1010. The first-order chi connectivity index (χ1) is 13.8. The number of hydrogen-bond donors (Lipinski definition) is 1. The molecule has 0 spiro atoms. The Morgan fingerprint density at radius 3 is 2.93 bits per heavy atom. The van der Waals surface area contributed by atoms with E-state index < -0.39 is 0 Å². The minimum absolute atomic E-state index is 0.261. The van der Waals surface area contributed by atoms with Crippen LogP contribution in [0.3, 0.4) is 0 Å². The van der Waals surface area contributed by atoms with Gasteiger partial charge in [0.1, 0.15) is 0 Å². The van der Waals surface area contributed by atoms with Crippen LogP contribution < -0.4 is 14.8 Å². The standard InChI is InChI=1S/C22H22N4O2/c1-14-8-20-21(28-13-27-20)9-16(14)11-24-18-5-2-6-19-17(18)12-25-22(26-19)15-4-3-7-23-10-15/h3-4,7-10,12,18,24H,2,5-6,11,13H2,1H3. The van der Waals surface area contributed by atoms with Crippen LogP contribution in [0.15, 0.2) is 42.9 Å². The van der Waals surface area contributed by atoms with Crippen LogP contribution >= 0.6 is 0 Å². The van der Waals surface area contributed by atoms with E-state index in [4.69, 9.17) is 14.5 Å².